The summed E-state index contributed by atoms with van der Waals surface area (Å²) in [6.45, 7) is 1.11. The van der Waals surface area contributed by atoms with Gasteiger partial charge in [-0.3, -0.25) is 0 Å². The van der Waals surface area contributed by atoms with E-state index in [4.69, 9.17) is 0 Å². The molecule has 0 unspecified atom stereocenters. The fourth-order valence-corrected chi connectivity index (χ4v) is 2.37. The Morgan fingerprint density at radius 1 is 1.13 bits per heavy atom. The Kier molecular flexibility index (Phi) is 4.09. The number of sulfone groups is 1. The maximum Gasteiger partial charge on any atom is 0.417 e. The van der Waals surface area contributed by atoms with Crippen LogP contribution in [0.2, 0.25) is 0 Å². The summed E-state index contributed by atoms with van der Waals surface area (Å²) in [5.41, 5.74) is -2.46. The zero-order valence-corrected chi connectivity index (χ0v) is 12.4. The highest BCUT2D eigenvalue weighted by atomic mass is 32.2. The summed E-state index contributed by atoms with van der Waals surface area (Å²) in [6, 6.07) is 0.171. The monoisotopic (exact) mass is 353 g/mol. The van der Waals surface area contributed by atoms with E-state index in [2.05, 4.69) is 15.0 Å². The topological polar surface area (TPSA) is 72.8 Å². The van der Waals surface area contributed by atoms with Crippen LogP contribution in [0.4, 0.5) is 22.0 Å². The second kappa shape index (κ2) is 5.48. The van der Waals surface area contributed by atoms with Crippen LogP contribution in [0.3, 0.4) is 0 Å². The van der Waals surface area contributed by atoms with E-state index < -0.39 is 55.4 Å². The number of pyridine rings is 1. The van der Waals surface area contributed by atoms with Crippen molar-refractivity contribution >= 4 is 9.84 Å². The van der Waals surface area contributed by atoms with Crippen LogP contribution in [-0.2, 0) is 16.0 Å². The third-order valence-corrected chi connectivity index (χ3v) is 3.69. The van der Waals surface area contributed by atoms with Gasteiger partial charge in [-0.2, -0.15) is 13.2 Å². The van der Waals surface area contributed by atoms with Crippen molar-refractivity contribution in [3.63, 3.8) is 0 Å². The minimum atomic E-state index is -4.80. The molecule has 0 aromatic carbocycles. The van der Waals surface area contributed by atoms with Crippen LogP contribution in [0.25, 0.3) is 11.5 Å². The van der Waals surface area contributed by atoms with Crippen molar-refractivity contribution in [2.75, 3.05) is 6.26 Å². The van der Waals surface area contributed by atoms with Crippen molar-refractivity contribution in [3.8, 4) is 11.5 Å². The molecule has 0 fully saturated rings. The summed E-state index contributed by atoms with van der Waals surface area (Å²) in [7, 11) is -4.09. The Balaban J connectivity index is 2.67. The van der Waals surface area contributed by atoms with E-state index in [0.717, 1.165) is 6.92 Å². The van der Waals surface area contributed by atoms with E-state index in [-0.39, 0.29) is 6.07 Å². The van der Waals surface area contributed by atoms with Gasteiger partial charge in [0.25, 0.3) is 0 Å². The lowest BCUT2D eigenvalue weighted by Gasteiger charge is -2.09. The SMILES string of the molecule is Cc1nc(-c2ncc(C(F)(F)F)cc2F)nc(S(C)(=O)=O)c1F. The van der Waals surface area contributed by atoms with Gasteiger partial charge in [0, 0.05) is 12.5 Å². The number of hydrogen-bond donors (Lipinski definition) is 0. The standard InChI is InChI=1S/C12H8F5N3O2S/c1-5-8(14)11(23(2,21)22)20-10(19-5)9-7(13)3-6(4-18-9)12(15,16)17/h3-4H,1-2H3. The molecular weight excluding hydrogens is 345 g/mol. The summed E-state index contributed by atoms with van der Waals surface area (Å²) < 4.78 is 87.9. The first-order chi connectivity index (χ1) is 10.4. The number of rotatable bonds is 2. The van der Waals surface area contributed by atoms with Gasteiger partial charge >= 0.3 is 6.18 Å². The second-order valence-electron chi connectivity index (χ2n) is 4.58. The fraction of sp³-hybridized carbons (Fsp3) is 0.250. The molecule has 2 aromatic rings. The molecule has 0 atom stereocenters. The Morgan fingerprint density at radius 3 is 2.22 bits per heavy atom. The average molecular weight is 353 g/mol. The molecule has 0 radical (unpaired) electrons. The summed E-state index contributed by atoms with van der Waals surface area (Å²) in [5.74, 6) is -3.26. The van der Waals surface area contributed by atoms with Gasteiger partial charge in [0.15, 0.2) is 32.3 Å². The molecule has 0 bridgehead atoms. The van der Waals surface area contributed by atoms with Crippen LogP contribution >= 0.6 is 0 Å². The smallest absolute Gasteiger partial charge is 0.249 e. The van der Waals surface area contributed by atoms with Crippen molar-refractivity contribution in [3.05, 3.63) is 35.2 Å². The van der Waals surface area contributed by atoms with E-state index in [9.17, 15) is 30.4 Å². The predicted molar refractivity (Wildman–Crippen MR) is 68.0 cm³/mol. The van der Waals surface area contributed by atoms with Crippen LogP contribution in [0.5, 0.6) is 0 Å². The molecule has 0 spiro atoms. The maximum absolute atomic E-state index is 13.8. The van der Waals surface area contributed by atoms with Crippen LogP contribution in [-0.4, -0.2) is 29.6 Å². The van der Waals surface area contributed by atoms with Crippen molar-refractivity contribution in [1.82, 2.24) is 15.0 Å². The van der Waals surface area contributed by atoms with Gasteiger partial charge < -0.3 is 0 Å². The molecule has 5 nitrogen and oxygen atoms in total. The number of hydrogen-bond acceptors (Lipinski definition) is 5. The highest BCUT2D eigenvalue weighted by Crippen LogP contribution is 2.31. The summed E-state index contributed by atoms with van der Waals surface area (Å²) >= 11 is 0. The molecule has 124 valence electrons. The number of aromatic nitrogens is 3. The predicted octanol–water partition coefficient (Wildman–Crippen LogP) is 2.55. The van der Waals surface area contributed by atoms with Crippen LogP contribution in [0.15, 0.2) is 17.3 Å². The minimum absolute atomic E-state index is 0.171. The zero-order valence-electron chi connectivity index (χ0n) is 11.6. The first kappa shape index (κ1) is 17.2. The third kappa shape index (κ3) is 3.44. The second-order valence-corrected chi connectivity index (χ2v) is 6.51. The molecule has 0 N–H and O–H groups in total. The molecule has 2 heterocycles. The van der Waals surface area contributed by atoms with Crippen LogP contribution < -0.4 is 0 Å². The highest BCUT2D eigenvalue weighted by molar-refractivity contribution is 7.90. The minimum Gasteiger partial charge on any atom is -0.249 e. The van der Waals surface area contributed by atoms with Gasteiger partial charge in [0.1, 0.15) is 5.69 Å². The lowest BCUT2D eigenvalue weighted by Crippen LogP contribution is -2.11. The molecule has 0 saturated heterocycles. The molecule has 11 heteroatoms. The number of halogens is 5. The Hall–Kier alpha value is -2.17. The van der Waals surface area contributed by atoms with Gasteiger partial charge in [-0.1, -0.05) is 0 Å². The van der Waals surface area contributed by atoms with E-state index >= 15 is 0 Å². The lowest BCUT2D eigenvalue weighted by molar-refractivity contribution is -0.138. The molecule has 2 rings (SSSR count). The molecule has 0 saturated carbocycles. The van der Waals surface area contributed by atoms with E-state index in [1.807, 2.05) is 0 Å². The normalized spacial score (nSPS) is 12.5. The Bertz CT molecular complexity index is 881. The van der Waals surface area contributed by atoms with Gasteiger partial charge in [-0.15, -0.1) is 0 Å². The third-order valence-electron chi connectivity index (χ3n) is 2.72. The number of nitrogens with zero attached hydrogens (tertiary/aromatic N) is 3. The molecule has 0 aliphatic rings. The summed E-state index contributed by atoms with van der Waals surface area (Å²) in [4.78, 5) is 10.2. The molecule has 2 aromatic heterocycles. The molecule has 23 heavy (non-hydrogen) atoms. The summed E-state index contributed by atoms with van der Waals surface area (Å²) in [5, 5.41) is -0.985. The van der Waals surface area contributed by atoms with E-state index in [1.54, 1.807) is 0 Å². The number of alkyl halides is 3. The van der Waals surface area contributed by atoms with E-state index in [0.29, 0.717) is 12.5 Å². The van der Waals surface area contributed by atoms with Crippen molar-refractivity contribution in [2.24, 2.45) is 0 Å². The first-order valence-corrected chi connectivity index (χ1v) is 7.77. The van der Waals surface area contributed by atoms with Gasteiger partial charge in [0.05, 0.1) is 11.3 Å². The van der Waals surface area contributed by atoms with Crippen molar-refractivity contribution < 1.29 is 30.4 Å². The van der Waals surface area contributed by atoms with Gasteiger partial charge in [-0.25, -0.2) is 32.2 Å². The Labute approximate surface area is 127 Å². The fourth-order valence-electron chi connectivity index (χ4n) is 1.64. The van der Waals surface area contributed by atoms with Crippen LogP contribution in [0, 0.1) is 18.6 Å². The summed E-state index contributed by atoms with van der Waals surface area (Å²) in [6.07, 6.45) is -3.78. The largest absolute Gasteiger partial charge is 0.417 e. The first-order valence-electron chi connectivity index (χ1n) is 5.88. The van der Waals surface area contributed by atoms with Crippen molar-refractivity contribution in [2.45, 2.75) is 18.1 Å². The Morgan fingerprint density at radius 2 is 1.74 bits per heavy atom. The van der Waals surface area contributed by atoms with Crippen molar-refractivity contribution in [1.29, 1.82) is 0 Å². The zero-order chi connectivity index (χ0) is 17.6. The molecule has 0 amide bonds. The maximum atomic E-state index is 13.8. The lowest BCUT2D eigenvalue weighted by atomic mass is 10.2. The van der Waals surface area contributed by atoms with Gasteiger partial charge in [-0.05, 0) is 13.0 Å². The average Bonchev–Trinajstić information content (AvgIpc) is 2.39. The van der Waals surface area contributed by atoms with Gasteiger partial charge in [0.2, 0.25) is 0 Å². The quantitative estimate of drug-likeness (QED) is 0.613. The highest BCUT2D eigenvalue weighted by Gasteiger charge is 2.32. The van der Waals surface area contributed by atoms with Crippen LogP contribution in [0.1, 0.15) is 11.3 Å². The number of aryl methyl sites for hydroxylation is 1. The molecule has 0 aliphatic carbocycles. The molecular formula is C12H8F5N3O2S. The molecule has 0 aliphatic heterocycles. The van der Waals surface area contributed by atoms with E-state index in [1.165, 1.54) is 0 Å².